The second-order valence-corrected chi connectivity index (χ2v) is 4.02. The summed E-state index contributed by atoms with van der Waals surface area (Å²) in [6.07, 6.45) is 2.34. The van der Waals surface area contributed by atoms with Gasteiger partial charge < -0.3 is 4.42 Å². The monoisotopic (exact) mass is 257 g/mol. The van der Waals surface area contributed by atoms with E-state index in [1.54, 1.807) is 37.3 Å². The van der Waals surface area contributed by atoms with Crippen LogP contribution in [0.5, 0.6) is 0 Å². The number of hydrogen-bond acceptors (Lipinski definition) is 4. The number of carbonyl (C=O) groups is 1. The van der Waals surface area contributed by atoms with Gasteiger partial charge >= 0.3 is 0 Å². The minimum atomic E-state index is -0.455. The van der Waals surface area contributed by atoms with E-state index in [9.17, 15) is 14.9 Å². The standard InChI is InChI=1S/C14H11NO4/c1-10(9-16)7-13-5-6-14(19-13)11-3-2-4-12(8-11)15(17)18/h2-9H,1H3/b10-7+. The topological polar surface area (TPSA) is 73.3 Å². The minimum Gasteiger partial charge on any atom is -0.457 e. The van der Waals surface area contributed by atoms with E-state index in [0.717, 1.165) is 6.29 Å². The fourth-order valence-corrected chi connectivity index (χ4v) is 1.62. The van der Waals surface area contributed by atoms with E-state index >= 15 is 0 Å². The number of allylic oxidation sites excluding steroid dienone is 1. The molecule has 0 N–H and O–H groups in total. The molecule has 0 unspecified atom stereocenters. The van der Waals surface area contributed by atoms with Crippen molar-refractivity contribution in [1.29, 1.82) is 0 Å². The summed E-state index contributed by atoms with van der Waals surface area (Å²) in [6.45, 7) is 1.67. The molecular formula is C14H11NO4. The molecule has 5 nitrogen and oxygen atoms in total. The molecule has 2 aromatic rings. The number of benzene rings is 1. The molecule has 0 radical (unpaired) electrons. The second kappa shape index (κ2) is 5.30. The van der Waals surface area contributed by atoms with E-state index in [1.807, 2.05) is 0 Å². The molecule has 0 saturated carbocycles. The van der Waals surface area contributed by atoms with Crippen LogP contribution in [0, 0.1) is 10.1 Å². The molecule has 96 valence electrons. The van der Waals surface area contributed by atoms with Gasteiger partial charge in [-0.05, 0) is 30.7 Å². The summed E-state index contributed by atoms with van der Waals surface area (Å²) in [5.74, 6) is 1.06. The summed E-state index contributed by atoms with van der Waals surface area (Å²) >= 11 is 0. The molecular weight excluding hydrogens is 246 g/mol. The first-order valence-electron chi connectivity index (χ1n) is 5.58. The highest BCUT2D eigenvalue weighted by Gasteiger charge is 2.09. The fourth-order valence-electron chi connectivity index (χ4n) is 1.62. The zero-order chi connectivity index (χ0) is 13.8. The normalized spacial score (nSPS) is 11.3. The van der Waals surface area contributed by atoms with Crippen LogP contribution in [0.2, 0.25) is 0 Å². The van der Waals surface area contributed by atoms with Crippen LogP contribution in [0.15, 0.2) is 46.4 Å². The molecule has 0 atom stereocenters. The summed E-state index contributed by atoms with van der Waals surface area (Å²) in [7, 11) is 0. The molecule has 0 bridgehead atoms. The van der Waals surface area contributed by atoms with E-state index in [4.69, 9.17) is 4.42 Å². The minimum absolute atomic E-state index is 0.00932. The predicted molar refractivity (Wildman–Crippen MR) is 70.5 cm³/mol. The lowest BCUT2D eigenvalue weighted by atomic mass is 10.1. The van der Waals surface area contributed by atoms with Gasteiger partial charge in [-0.15, -0.1) is 0 Å². The van der Waals surface area contributed by atoms with E-state index in [-0.39, 0.29) is 5.69 Å². The highest BCUT2D eigenvalue weighted by atomic mass is 16.6. The van der Waals surface area contributed by atoms with Crippen LogP contribution in [0.4, 0.5) is 5.69 Å². The van der Waals surface area contributed by atoms with Crippen molar-refractivity contribution < 1.29 is 14.1 Å². The van der Waals surface area contributed by atoms with Gasteiger partial charge in [0.25, 0.3) is 5.69 Å². The Balaban J connectivity index is 2.35. The average Bonchev–Trinajstić information content (AvgIpc) is 2.87. The molecule has 0 spiro atoms. The third kappa shape index (κ3) is 2.95. The molecule has 1 aromatic heterocycles. The number of non-ortho nitro benzene ring substituents is 1. The SMILES string of the molecule is C/C(C=O)=C\c1ccc(-c2cccc([N+](=O)[O-])c2)o1. The molecule has 5 heteroatoms. The summed E-state index contributed by atoms with van der Waals surface area (Å²) < 4.78 is 5.52. The number of carbonyl (C=O) groups excluding carboxylic acids is 1. The Morgan fingerprint density at radius 1 is 1.32 bits per heavy atom. The van der Waals surface area contributed by atoms with Crippen LogP contribution >= 0.6 is 0 Å². The Bertz CT molecular complexity index is 655. The molecule has 0 saturated heterocycles. The number of furan rings is 1. The fraction of sp³-hybridized carbons (Fsp3) is 0.0714. The maximum atomic E-state index is 10.7. The Morgan fingerprint density at radius 2 is 2.11 bits per heavy atom. The lowest BCUT2D eigenvalue weighted by molar-refractivity contribution is -0.384. The van der Waals surface area contributed by atoms with Crippen LogP contribution < -0.4 is 0 Å². The van der Waals surface area contributed by atoms with Gasteiger partial charge in [0.15, 0.2) is 0 Å². The maximum Gasteiger partial charge on any atom is 0.270 e. The summed E-state index contributed by atoms with van der Waals surface area (Å²) in [6, 6.07) is 9.61. The van der Waals surface area contributed by atoms with Crippen LogP contribution in [-0.4, -0.2) is 11.2 Å². The smallest absolute Gasteiger partial charge is 0.270 e. The van der Waals surface area contributed by atoms with Crippen molar-refractivity contribution in [2.45, 2.75) is 6.92 Å². The van der Waals surface area contributed by atoms with E-state index in [1.165, 1.54) is 12.1 Å². The molecule has 0 aliphatic heterocycles. The molecule has 1 heterocycles. The Labute approximate surface area is 109 Å². The Morgan fingerprint density at radius 3 is 2.79 bits per heavy atom. The van der Waals surface area contributed by atoms with E-state index < -0.39 is 4.92 Å². The van der Waals surface area contributed by atoms with Crippen LogP contribution in [0.3, 0.4) is 0 Å². The van der Waals surface area contributed by atoms with Crippen molar-refractivity contribution in [1.82, 2.24) is 0 Å². The first-order valence-corrected chi connectivity index (χ1v) is 5.58. The van der Waals surface area contributed by atoms with Crippen molar-refractivity contribution in [2.75, 3.05) is 0 Å². The maximum absolute atomic E-state index is 10.7. The number of rotatable bonds is 4. The van der Waals surface area contributed by atoms with Crippen LogP contribution in [0.25, 0.3) is 17.4 Å². The van der Waals surface area contributed by atoms with E-state index in [0.29, 0.717) is 22.7 Å². The lowest BCUT2D eigenvalue weighted by Crippen LogP contribution is -1.87. The van der Waals surface area contributed by atoms with Crippen molar-refractivity contribution in [3.63, 3.8) is 0 Å². The zero-order valence-corrected chi connectivity index (χ0v) is 10.2. The molecule has 0 fully saturated rings. The van der Waals surface area contributed by atoms with Gasteiger partial charge in [0.05, 0.1) is 4.92 Å². The second-order valence-electron chi connectivity index (χ2n) is 4.02. The summed E-state index contributed by atoms with van der Waals surface area (Å²) in [4.78, 5) is 20.8. The third-order valence-electron chi connectivity index (χ3n) is 2.52. The Kier molecular flexibility index (Phi) is 3.56. The number of aldehydes is 1. The Hall–Kier alpha value is -2.69. The van der Waals surface area contributed by atoms with E-state index in [2.05, 4.69) is 0 Å². The van der Waals surface area contributed by atoms with Gasteiger partial charge in [-0.2, -0.15) is 0 Å². The van der Waals surface area contributed by atoms with Gasteiger partial charge in [0, 0.05) is 17.7 Å². The van der Waals surface area contributed by atoms with Gasteiger partial charge in [-0.1, -0.05) is 12.1 Å². The number of nitro groups is 1. The summed E-state index contributed by atoms with van der Waals surface area (Å²) in [5, 5.41) is 10.7. The van der Waals surface area contributed by atoms with Gasteiger partial charge in [-0.25, -0.2) is 0 Å². The van der Waals surface area contributed by atoms with Gasteiger partial charge in [0.1, 0.15) is 17.8 Å². The van der Waals surface area contributed by atoms with Crippen LogP contribution in [-0.2, 0) is 4.79 Å². The molecule has 1 aromatic carbocycles. The largest absolute Gasteiger partial charge is 0.457 e. The number of nitro benzene ring substituents is 1. The van der Waals surface area contributed by atoms with Crippen LogP contribution in [0.1, 0.15) is 12.7 Å². The quantitative estimate of drug-likeness (QED) is 0.364. The van der Waals surface area contributed by atoms with Crippen molar-refractivity contribution in [3.05, 3.63) is 57.8 Å². The molecule has 2 rings (SSSR count). The van der Waals surface area contributed by atoms with Crippen molar-refractivity contribution >= 4 is 18.0 Å². The molecule has 19 heavy (non-hydrogen) atoms. The highest BCUT2D eigenvalue weighted by Crippen LogP contribution is 2.26. The average molecular weight is 257 g/mol. The first kappa shape index (κ1) is 12.8. The highest BCUT2D eigenvalue weighted by molar-refractivity contribution is 5.80. The lowest BCUT2D eigenvalue weighted by Gasteiger charge is -1.97. The third-order valence-corrected chi connectivity index (χ3v) is 2.52. The molecule has 0 aliphatic rings. The number of nitrogens with zero attached hydrogens (tertiary/aromatic N) is 1. The summed E-state index contributed by atoms with van der Waals surface area (Å²) in [5.41, 5.74) is 1.17. The molecule has 0 amide bonds. The van der Waals surface area contributed by atoms with Crippen molar-refractivity contribution in [2.24, 2.45) is 0 Å². The van der Waals surface area contributed by atoms with Gasteiger partial charge in [-0.3, -0.25) is 14.9 Å². The van der Waals surface area contributed by atoms with Crippen molar-refractivity contribution in [3.8, 4) is 11.3 Å². The number of hydrogen-bond donors (Lipinski definition) is 0. The van der Waals surface area contributed by atoms with Gasteiger partial charge in [0.2, 0.25) is 0 Å². The first-order chi connectivity index (χ1) is 9.10. The predicted octanol–water partition coefficient (Wildman–Crippen LogP) is 3.46. The molecule has 0 aliphatic carbocycles. The zero-order valence-electron chi connectivity index (χ0n) is 10.2.